The summed E-state index contributed by atoms with van der Waals surface area (Å²) in [6, 6.07) is 9.07. The summed E-state index contributed by atoms with van der Waals surface area (Å²) in [6.07, 6.45) is 0.808. The highest BCUT2D eigenvalue weighted by Gasteiger charge is 2.28. The minimum absolute atomic E-state index is 0.0355. The zero-order chi connectivity index (χ0) is 15.0. The van der Waals surface area contributed by atoms with Crippen LogP contribution in [0.2, 0.25) is 0 Å². The fourth-order valence-corrected chi connectivity index (χ4v) is 2.62. The van der Waals surface area contributed by atoms with E-state index in [1.54, 1.807) is 11.8 Å². The SMILES string of the molecule is CCn1nc(C(=O)N2CCc3ccccc32)cc1C(=O)O. The van der Waals surface area contributed by atoms with Gasteiger partial charge in [-0.15, -0.1) is 0 Å². The first-order valence-corrected chi connectivity index (χ1v) is 6.82. The zero-order valence-corrected chi connectivity index (χ0v) is 11.6. The molecule has 108 valence electrons. The van der Waals surface area contributed by atoms with Crippen LogP contribution in [-0.4, -0.2) is 33.3 Å². The lowest BCUT2D eigenvalue weighted by atomic mass is 10.2. The summed E-state index contributed by atoms with van der Waals surface area (Å²) in [5.74, 6) is -1.33. The minimum Gasteiger partial charge on any atom is -0.477 e. The molecule has 0 bridgehead atoms. The molecule has 6 heteroatoms. The number of rotatable bonds is 3. The van der Waals surface area contributed by atoms with Crippen molar-refractivity contribution in [2.24, 2.45) is 0 Å². The van der Waals surface area contributed by atoms with Crippen molar-refractivity contribution in [3.05, 3.63) is 47.3 Å². The molecule has 0 saturated carbocycles. The van der Waals surface area contributed by atoms with Crippen molar-refractivity contribution in [2.45, 2.75) is 19.9 Å². The number of amides is 1. The van der Waals surface area contributed by atoms with Crippen molar-refractivity contribution in [1.29, 1.82) is 0 Å². The highest BCUT2D eigenvalue weighted by atomic mass is 16.4. The van der Waals surface area contributed by atoms with E-state index in [-0.39, 0.29) is 17.3 Å². The first-order valence-electron chi connectivity index (χ1n) is 6.82. The summed E-state index contributed by atoms with van der Waals surface area (Å²) >= 11 is 0. The molecule has 2 heterocycles. The van der Waals surface area contributed by atoms with Gasteiger partial charge in [0.05, 0.1) is 0 Å². The Labute approximate surface area is 121 Å². The monoisotopic (exact) mass is 285 g/mol. The maximum Gasteiger partial charge on any atom is 0.354 e. The number of fused-ring (bicyclic) bond motifs is 1. The number of carbonyl (C=O) groups is 2. The average molecular weight is 285 g/mol. The highest BCUT2D eigenvalue weighted by Crippen LogP contribution is 2.28. The van der Waals surface area contributed by atoms with Gasteiger partial charge in [0.15, 0.2) is 5.69 Å². The molecule has 1 aliphatic heterocycles. The van der Waals surface area contributed by atoms with Crippen LogP contribution in [0.25, 0.3) is 0 Å². The van der Waals surface area contributed by atoms with Crippen LogP contribution in [0.1, 0.15) is 33.5 Å². The van der Waals surface area contributed by atoms with Gasteiger partial charge in [0.25, 0.3) is 5.91 Å². The van der Waals surface area contributed by atoms with Gasteiger partial charge < -0.3 is 10.0 Å². The number of hydrogen-bond donors (Lipinski definition) is 1. The van der Waals surface area contributed by atoms with E-state index in [0.717, 1.165) is 17.7 Å². The van der Waals surface area contributed by atoms with Gasteiger partial charge in [0, 0.05) is 24.8 Å². The summed E-state index contributed by atoms with van der Waals surface area (Å²) in [5, 5.41) is 13.2. The van der Waals surface area contributed by atoms with Crippen LogP contribution in [0.15, 0.2) is 30.3 Å². The number of carboxylic acids is 1. The maximum atomic E-state index is 12.6. The Morgan fingerprint density at radius 1 is 1.33 bits per heavy atom. The number of aromatic carboxylic acids is 1. The zero-order valence-electron chi connectivity index (χ0n) is 11.6. The molecule has 1 aliphatic rings. The van der Waals surface area contributed by atoms with Gasteiger partial charge in [0.2, 0.25) is 0 Å². The fourth-order valence-electron chi connectivity index (χ4n) is 2.62. The van der Waals surface area contributed by atoms with Crippen LogP contribution >= 0.6 is 0 Å². The predicted molar refractivity (Wildman–Crippen MR) is 76.7 cm³/mol. The van der Waals surface area contributed by atoms with E-state index in [9.17, 15) is 9.59 Å². The molecule has 2 aromatic rings. The summed E-state index contributed by atoms with van der Waals surface area (Å²) in [4.78, 5) is 25.4. The molecule has 0 atom stereocenters. The first kappa shape index (κ1) is 13.4. The van der Waals surface area contributed by atoms with E-state index in [1.807, 2.05) is 24.3 Å². The van der Waals surface area contributed by atoms with E-state index in [4.69, 9.17) is 5.11 Å². The summed E-state index contributed by atoms with van der Waals surface area (Å²) in [5.41, 5.74) is 2.21. The number of aromatic nitrogens is 2. The number of aryl methyl sites for hydroxylation is 1. The van der Waals surface area contributed by atoms with E-state index in [0.29, 0.717) is 13.1 Å². The molecule has 0 fully saturated rings. The Kier molecular flexibility index (Phi) is 3.21. The lowest BCUT2D eigenvalue weighted by Gasteiger charge is -2.15. The average Bonchev–Trinajstić information content (AvgIpc) is 3.10. The second-order valence-corrected chi connectivity index (χ2v) is 4.87. The smallest absolute Gasteiger partial charge is 0.354 e. The van der Waals surface area contributed by atoms with Crippen molar-refractivity contribution in [1.82, 2.24) is 9.78 Å². The normalized spacial score (nSPS) is 13.3. The Morgan fingerprint density at radius 3 is 2.76 bits per heavy atom. The summed E-state index contributed by atoms with van der Waals surface area (Å²) in [6.45, 7) is 2.80. The first-order chi connectivity index (χ1) is 10.1. The van der Waals surface area contributed by atoms with Gasteiger partial charge in [0.1, 0.15) is 5.69 Å². The Hall–Kier alpha value is -2.63. The number of carboxylic acid groups (broad SMARTS) is 1. The summed E-state index contributed by atoms with van der Waals surface area (Å²) < 4.78 is 1.33. The van der Waals surface area contributed by atoms with E-state index in [2.05, 4.69) is 5.10 Å². The number of nitrogens with zero attached hydrogens (tertiary/aromatic N) is 3. The minimum atomic E-state index is -1.08. The molecule has 21 heavy (non-hydrogen) atoms. The quantitative estimate of drug-likeness (QED) is 0.933. The van der Waals surface area contributed by atoms with Crippen molar-refractivity contribution in [3.63, 3.8) is 0 Å². The third kappa shape index (κ3) is 2.18. The molecular weight excluding hydrogens is 270 g/mol. The summed E-state index contributed by atoms with van der Waals surface area (Å²) in [7, 11) is 0. The predicted octanol–water partition coefficient (Wildman–Crippen LogP) is 1.80. The molecule has 0 aliphatic carbocycles. The van der Waals surface area contributed by atoms with E-state index < -0.39 is 5.97 Å². The molecule has 1 aromatic carbocycles. The van der Waals surface area contributed by atoms with Crippen molar-refractivity contribution in [3.8, 4) is 0 Å². The highest BCUT2D eigenvalue weighted by molar-refractivity contribution is 6.07. The molecular formula is C15H15N3O3. The van der Waals surface area contributed by atoms with Gasteiger partial charge in [-0.3, -0.25) is 9.48 Å². The van der Waals surface area contributed by atoms with Crippen LogP contribution < -0.4 is 4.90 Å². The second kappa shape index (κ2) is 5.05. The molecule has 3 rings (SSSR count). The Morgan fingerprint density at radius 2 is 2.10 bits per heavy atom. The fraction of sp³-hybridized carbons (Fsp3) is 0.267. The Bertz CT molecular complexity index is 721. The molecule has 1 aromatic heterocycles. The van der Waals surface area contributed by atoms with Gasteiger partial charge in [-0.25, -0.2) is 4.79 Å². The molecule has 1 amide bonds. The molecule has 0 radical (unpaired) electrons. The number of para-hydroxylation sites is 1. The van der Waals surface area contributed by atoms with Gasteiger partial charge >= 0.3 is 5.97 Å². The van der Waals surface area contributed by atoms with Crippen LogP contribution in [0.3, 0.4) is 0 Å². The van der Waals surface area contributed by atoms with Gasteiger partial charge in [-0.05, 0) is 25.0 Å². The van der Waals surface area contributed by atoms with E-state index in [1.165, 1.54) is 10.7 Å². The number of carbonyl (C=O) groups excluding carboxylic acids is 1. The van der Waals surface area contributed by atoms with Gasteiger partial charge in [-0.1, -0.05) is 18.2 Å². The standard InChI is InChI=1S/C15H15N3O3/c1-2-18-13(15(20)21)9-11(16-18)14(19)17-8-7-10-5-3-4-6-12(10)17/h3-6,9H,2,7-8H2,1H3,(H,20,21). The molecule has 6 nitrogen and oxygen atoms in total. The maximum absolute atomic E-state index is 12.6. The number of benzene rings is 1. The number of anilines is 1. The van der Waals surface area contributed by atoms with Crippen molar-refractivity contribution < 1.29 is 14.7 Å². The third-order valence-electron chi connectivity index (χ3n) is 3.65. The largest absolute Gasteiger partial charge is 0.477 e. The Balaban J connectivity index is 1.95. The van der Waals surface area contributed by atoms with Crippen molar-refractivity contribution >= 4 is 17.6 Å². The topological polar surface area (TPSA) is 75.4 Å². The lowest BCUT2D eigenvalue weighted by molar-refractivity contribution is 0.0683. The lowest BCUT2D eigenvalue weighted by Crippen LogP contribution is -2.29. The van der Waals surface area contributed by atoms with Crippen LogP contribution in [0.4, 0.5) is 5.69 Å². The molecule has 1 N–H and O–H groups in total. The molecule has 0 saturated heterocycles. The second-order valence-electron chi connectivity index (χ2n) is 4.87. The molecule has 0 spiro atoms. The van der Waals surface area contributed by atoms with E-state index >= 15 is 0 Å². The van der Waals surface area contributed by atoms with Crippen molar-refractivity contribution in [2.75, 3.05) is 11.4 Å². The van der Waals surface area contributed by atoms with Gasteiger partial charge in [-0.2, -0.15) is 5.10 Å². The van der Waals surface area contributed by atoms with Crippen LogP contribution in [0.5, 0.6) is 0 Å². The number of hydrogen-bond acceptors (Lipinski definition) is 3. The van der Waals surface area contributed by atoms with Crippen LogP contribution in [0, 0.1) is 0 Å². The van der Waals surface area contributed by atoms with Crippen LogP contribution in [-0.2, 0) is 13.0 Å². The molecule has 0 unspecified atom stereocenters. The third-order valence-corrected chi connectivity index (χ3v) is 3.65.